The van der Waals surface area contributed by atoms with Gasteiger partial charge in [0.05, 0.1) is 0 Å². The number of allylic oxidation sites excluding steroid dienone is 11. The van der Waals surface area contributed by atoms with Gasteiger partial charge in [-0.2, -0.15) is 26.0 Å². The lowest BCUT2D eigenvalue weighted by molar-refractivity contribution is -0.127. The highest BCUT2D eigenvalue weighted by Gasteiger charge is 2.66. The number of rotatable bonds is 9. The van der Waals surface area contributed by atoms with E-state index in [1.165, 1.54) is 12.2 Å². The molecule has 4 nitrogen and oxygen atoms in total. The molecule has 0 heterocycles. The Morgan fingerprint density at radius 1 is 0.929 bits per heavy atom. The molecular weight excluding hydrogens is 398 g/mol. The van der Waals surface area contributed by atoms with E-state index in [1.54, 1.807) is 38.2 Å². The SMILES string of the molecule is C=C/C=C\C1=C(C)C(=NOS(=O)(=O)C(F)(F)C(F)(F)C=C)C(C)=C1/C=C\C=C. The number of halogens is 4. The van der Waals surface area contributed by atoms with Gasteiger partial charge in [-0.15, -0.1) is 0 Å². The third-order valence-corrected chi connectivity index (χ3v) is 4.96. The van der Waals surface area contributed by atoms with E-state index in [0.29, 0.717) is 22.3 Å². The zero-order valence-electron chi connectivity index (χ0n) is 15.3. The quantitative estimate of drug-likeness (QED) is 0.223. The Morgan fingerprint density at radius 2 is 1.36 bits per heavy atom. The fraction of sp³-hybridized carbons (Fsp3) is 0.211. The molecule has 0 aromatic rings. The van der Waals surface area contributed by atoms with Crippen molar-refractivity contribution >= 4 is 15.8 Å². The summed E-state index contributed by atoms with van der Waals surface area (Å²) in [6.45, 7) is 12.7. The van der Waals surface area contributed by atoms with Gasteiger partial charge in [0.1, 0.15) is 5.71 Å². The molecule has 9 heteroatoms. The van der Waals surface area contributed by atoms with Crippen LogP contribution in [0.5, 0.6) is 0 Å². The molecule has 0 saturated carbocycles. The molecule has 0 aromatic heterocycles. The molecular formula is C19H19F4NO3S. The van der Waals surface area contributed by atoms with E-state index in [-0.39, 0.29) is 5.71 Å². The van der Waals surface area contributed by atoms with Gasteiger partial charge < -0.3 is 0 Å². The fourth-order valence-electron chi connectivity index (χ4n) is 2.25. The maximum atomic E-state index is 13.7. The number of nitrogens with zero attached hydrogens (tertiary/aromatic N) is 1. The van der Waals surface area contributed by atoms with Crippen LogP contribution in [0.15, 0.2) is 89.7 Å². The van der Waals surface area contributed by atoms with Gasteiger partial charge in [-0.3, -0.25) is 4.28 Å². The van der Waals surface area contributed by atoms with Gasteiger partial charge in [-0.05, 0) is 42.2 Å². The van der Waals surface area contributed by atoms with Crippen LogP contribution in [-0.4, -0.2) is 25.3 Å². The Morgan fingerprint density at radius 3 is 1.71 bits per heavy atom. The van der Waals surface area contributed by atoms with Crippen LogP contribution in [0.3, 0.4) is 0 Å². The van der Waals surface area contributed by atoms with Crippen molar-refractivity contribution in [3.63, 3.8) is 0 Å². The van der Waals surface area contributed by atoms with Crippen molar-refractivity contribution in [1.29, 1.82) is 0 Å². The number of oxime groups is 1. The summed E-state index contributed by atoms with van der Waals surface area (Å²) in [7, 11) is -6.09. The van der Waals surface area contributed by atoms with E-state index in [9.17, 15) is 26.0 Å². The molecule has 28 heavy (non-hydrogen) atoms. The topological polar surface area (TPSA) is 55.7 Å². The Balaban J connectivity index is 3.46. The summed E-state index contributed by atoms with van der Waals surface area (Å²) < 4.78 is 81.0. The molecule has 1 aliphatic rings. The van der Waals surface area contributed by atoms with Crippen molar-refractivity contribution in [3.8, 4) is 0 Å². The largest absolute Gasteiger partial charge is 0.448 e. The smallest absolute Gasteiger partial charge is 0.263 e. The monoisotopic (exact) mass is 417 g/mol. The number of hydrogen-bond donors (Lipinski definition) is 0. The normalized spacial score (nSPS) is 16.3. The van der Waals surface area contributed by atoms with Crippen LogP contribution in [0.4, 0.5) is 17.6 Å². The standard InChI is InChI=1S/C19H19F4NO3S/c1-6-9-11-15-13(4)17(14(5)16(15)12-10-7-2)24-27-28(25,26)19(22,23)18(20,21)8-3/h6-12H,1-3H2,4-5H3/b11-9-,12-10-. The molecule has 0 atom stereocenters. The third-order valence-electron chi connectivity index (χ3n) is 3.79. The van der Waals surface area contributed by atoms with E-state index in [2.05, 4.69) is 29.2 Å². The Bertz CT molecular complexity index is 894. The minimum Gasteiger partial charge on any atom is -0.263 e. The van der Waals surface area contributed by atoms with Crippen LogP contribution in [0.1, 0.15) is 13.8 Å². The van der Waals surface area contributed by atoms with Crippen molar-refractivity contribution < 1.29 is 30.3 Å². The molecule has 0 spiro atoms. The predicted molar refractivity (Wildman–Crippen MR) is 102 cm³/mol. The van der Waals surface area contributed by atoms with Gasteiger partial charge in [0, 0.05) is 0 Å². The minimum absolute atomic E-state index is 0.0753. The lowest BCUT2D eigenvalue weighted by Gasteiger charge is -2.21. The average molecular weight is 417 g/mol. The van der Waals surface area contributed by atoms with Crippen LogP contribution in [0, 0.1) is 0 Å². The Hall–Kier alpha value is -2.68. The Labute approximate surface area is 161 Å². The first kappa shape index (κ1) is 23.4. The fourth-order valence-corrected chi connectivity index (χ4v) is 2.94. The van der Waals surface area contributed by atoms with Crippen LogP contribution < -0.4 is 0 Å². The van der Waals surface area contributed by atoms with E-state index in [4.69, 9.17) is 0 Å². The molecule has 152 valence electrons. The molecule has 0 radical (unpaired) electrons. The molecule has 0 unspecified atom stereocenters. The summed E-state index contributed by atoms with van der Waals surface area (Å²) in [5.41, 5.74) is 1.91. The molecule has 0 fully saturated rings. The maximum absolute atomic E-state index is 13.7. The van der Waals surface area contributed by atoms with Gasteiger partial charge in [-0.25, -0.2) is 0 Å². The van der Waals surface area contributed by atoms with Crippen molar-refractivity contribution in [1.82, 2.24) is 0 Å². The van der Waals surface area contributed by atoms with E-state index in [0.717, 1.165) is 0 Å². The van der Waals surface area contributed by atoms with Crippen LogP contribution in [0.25, 0.3) is 0 Å². The first-order chi connectivity index (χ1) is 12.9. The van der Waals surface area contributed by atoms with Crippen molar-refractivity contribution in [2.24, 2.45) is 5.16 Å². The lowest BCUT2D eigenvalue weighted by atomic mass is 10.0. The lowest BCUT2D eigenvalue weighted by Crippen LogP contribution is -2.46. The molecule has 0 aliphatic heterocycles. The van der Waals surface area contributed by atoms with E-state index in [1.807, 2.05) is 0 Å². The summed E-state index contributed by atoms with van der Waals surface area (Å²) in [5.74, 6) is -5.03. The summed E-state index contributed by atoms with van der Waals surface area (Å²) in [6.07, 6.45) is 9.03. The summed E-state index contributed by atoms with van der Waals surface area (Å²) in [6, 6.07) is 0. The van der Waals surface area contributed by atoms with Crippen molar-refractivity contribution in [2.45, 2.75) is 25.0 Å². The summed E-state index contributed by atoms with van der Waals surface area (Å²) in [5, 5.41) is -2.31. The molecule has 0 bridgehead atoms. The second-order valence-corrected chi connectivity index (χ2v) is 7.15. The van der Waals surface area contributed by atoms with E-state index < -0.39 is 27.4 Å². The molecule has 0 amide bonds. The number of hydrogen-bond acceptors (Lipinski definition) is 4. The predicted octanol–water partition coefficient (Wildman–Crippen LogP) is 5.23. The van der Waals surface area contributed by atoms with Gasteiger partial charge in [0.25, 0.3) is 0 Å². The first-order valence-corrected chi connectivity index (χ1v) is 9.20. The third kappa shape index (κ3) is 4.24. The first-order valence-electron chi connectivity index (χ1n) is 7.79. The highest BCUT2D eigenvalue weighted by atomic mass is 32.2. The van der Waals surface area contributed by atoms with Crippen molar-refractivity contribution in [2.75, 3.05) is 0 Å². The molecule has 0 aromatic carbocycles. The zero-order valence-corrected chi connectivity index (χ0v) is 16.1. The van der Waals surface area contributed by atoms with Crippen LogP contribution in [0.2, 0.25) is 0 Å². The Kier molecular flexibility index (Phi) is 7.14. The molecule has 1 rings (SSSR count). The second kappa shape index (κ2) is 8.55. The zero-order chi connectivity index (χ0) is 21.8. The highest BCUT2D eigenvalue weighted by Crippen LogP contribution is 2.41. The maximum Gasteiger partial charge on any atom is 0.448 e. The van der Waals surface area contributed by atoms with Gasteiger partial charge >= 0.3 is 21.3 Å². The highest BCUT2D eigenvalue weighted by molar-refractivity contribution is 7.87. The van der Waals surface area contributed by atoms with Gasteiger partial charge in [-0.1, -0.05) is 61.3 Å². The summed E-state index contributed by atoms with van der Waals surface area (Å²) >= 11 is 0. The molecule has 1 aliphatic carbocycles. The van der Waals surface area contributed by atoms with E-state index >= 15 is 0 Å². The summed E-state index contributed by atoms with van der Waals surface area (Å²) in [4.78, 5) is 0. The molecule has 0 saturated heterocycles. The van der Waals surface area contributed by atoms with Gasteiger partial charge in [0.15, 0.2) is 0 Å². The molecule has 0 N–H and O–H groups in total. The number of alkyl halides is 4. The average Bonchev–Trinajstić information content (AvgIpc) is 2.85. The van der Waals surface area contributed by atoms with Crippen LogP contribution >= 0.6 is 0 Å². The van der Waals surface area contributed by atoms with Crippen LogP contribution in [-0.2, 0) is 14.4 Å². The van der Waals surface area contributed by atoms with Gasteiger partial charge in [0.2, 0.25) is 0 Å². The second-order valence-electron chi connectivity index (χ2n) is 5.58. The minimum atomic E-state index is -6.09. The van der Waals surface area contributed by atoms with Crippen molar-refractivity contribution in [3.05, 3.63) is 84.6 Å².